The first kappa shape index (κ1) is 27.0. The van der Waals surface area contributed by atoms with E-state index in [1.165, 1.54) is 0 Å². The first-order chi connectivity index (χ1) is 17.2. The molecule has 1 aromatic heterocycles. The van der Waals surface area contributed by atoms with Gasteiger partial charge in [0, 0.05) is 44.5 Å². The van der Waals surface area contributed by atoms with Crippen LogP contribution in [0.4, 0.5) is 31.1 Å². The molecule has 0 aliphatic carbocycles. The van der Waals surface area contributed by atoms with Crippen molar-refractivity contribution in [1.82, 2.24) is 24.3 Å². The number of ether oxygens (including phenoxy) is 1. The molecule has 0 aromatic carbocycles. The monoisotopic (exact) mass is 541 g/mol. The molecule has 4 rings (SSSR count). The number of carbonyl (C=O) groups excluding carboxylic acids is 2. The number of rotatable bonds is 4. The number of alkyl halides is 6. The highest BCUT2D eigenvalue weighted by Crippen LogP contribution is 2.40. The molecular weight excluding hydrogens is 516 g/mol. The lowest BCUT2D eigenvalue weighted by atomic mass is 9.85. The molecule has 1 N–H and O–H groups in total. The first-order valence-electron chi connectivity index (χ1n) is 11.6. The molecule has 3 aliphatic rings. The third-order valence-corrected chi connectivity index (χ3v) is 7.07. The number of piperidine rings is 1. The maximum Gasteiger partial charge on any atom is 0.434 e. The summed E-state index contributed by atoms with van der Waals surface area (Å²) in [5.74, 6) is -0.794. The van der Waals surface area contributed by atoms with Crippen LogP contribution < -0.4 is 0 Å². The minimum Gasteiger partial charge on any atom is -0.480 e. The average molecular weight is 541 g/mol. The van der Waals surface area contributed by atoms with Crippen molar-refractivity contribution in [2.75, 3.05) is 32.7 Å². The molecule has 16 heteroatoms. The molecule has 4 heterocycles. The number of hydrogen-bond donors (Lipinski definition) is 1. The van der Waals surface area contributed by atoms with Crippen LogP contribution in [0.15, 0.2) is 6.20 Å². The van der Waals surface area contributed by atoms with Gasteiger partial charge < -0.3 is 24.2 Å². The maximum atomic E-state index is 13.4. The van der Waals surface area contributed by atoms with E-state index in [9.17, 15) is 40.7 Å². The average Bonchev–Trinajstić information content (AvgIpc) is 3.39. The summed E-state index contributed by atoms with van der Waals surface area (Å²) in [6.45, 7) is 1.09. The number of likely N-dealkylation sites (tertiary alicyclic amines) is 2. The Labute approximate surface area is 206 Å². The highest BCUT2D eigenvalue weighted by Gasteiger charge is 2.60. The molecule has 0 atom stereocenters. The highest BCUT2D eigenvalue weighted by atomic mass is 19.4. The van der Waals surface area contributed by atoms with E-state index >= 15 is 0 Å². The maximum absolute atomic E-state index is 13.4. The quantitative estimate of drug-likeness (QED) is 0.584. The zero-order valence-electron chi connectivity index (χ0n) is 19.5. The zero-order valence-corrected chi connectivity index (χ0v) is 19.5. The van der Waals surface area contributed by atoms with Gasteiger partial charge in [-0.3, -0.25) is 14.5 Å². The summed E-state index contributed by atoms with van der Waals surface area (Å²) in [5.41, 5.74) is -0.533. The fourth-order valence-corrected chi connectivity index (χ4v) is 5.25. The second-order valence-corrected chi connectivity index (χ2v) is 9.46. The van der Waals surface area contributed by atoms with Gasteiger partial charge in [0.2, 0.25) is 0 Å². The van der Waals surface area contributed by atoms with E-state index in [4.69, 9.17) is 5.11 Å². The number of nitrogens with zero attached hydrogens (tertiary/aromatic N) is 5. The fraction of sp³-hybridized carbons (Fsp3) is 0.714. The summed E-state index contributed by atoms with van der Waals surface area (Å²) in [6.07, 6.45) is -14.4. The Morgan fingerprint density at radius 2 is 1.65 bits per heavy atom. The Morgan fingerprint density at radius 3 is 2.24 bits per heavy atom. The number of hydrogen-bond acceptors (Lipinski definition) is 6. The SMILES string of the molecule is O=C(O)CN1CCn2cc(C(=O)N3CCCC34CCN(C(=O)OC(C(F)(F)F)C(F)(F)F)CC4)nc2C1. The summed E-state index contributed by atoms with van der Waals surface area (Å²) < 4.78 is 82.1. The van der Waals surface area contributed by atoms with Crippen molar-refractivity contribution in [1.29, 1.82) is 0 Å². The lowest BCUT2D eigenvalue weighted by Gasteiger charge is -2.44. The lowest BCUT2D eigenvalue weighted by molar-refractivity contribution is -0.308. The van der Waals surface area contributed by atoms with Crippen LogP contribution in [0.3, 0.4) is 0 Å². The predicted molar refractivity (Wildman–Crippen MR) is 111 cm³/mol. The Balaban J connectivity index is 1.41. The topological polar surface area (TPSA) is 108 Å². The van der Waals surface area contributed by atoms with Crippen LogP contribution in [-0.4, -0.2) is 104 Å². The van der Waals surface area contributed by atoms with Crippen LogP contribution in [0, 0.1) is 0 Å². The van der Waals surface area contributed by atoms with Gasteiger partial charge in [0.15, 0.2) is 0 Å². The van der Waals surface area contributed by atoms with Crippen molar-refractivity contribution in [3.05, 3.63) is 17.7 Å². The lowest BCUT2D eigenvalue weighted by Crippen LogP contribution is -2.56. The molecule has 2 saturated heterocycles. The van der Waals surface area contributed by atoms with E-state index in [1.807, 2.05) is 0 Å². The van der Waals surface area contributed by atoms with Crippen LogP contribution >= 0.6 is 0 Å². The third-order valence-electron chi connectivity index (χ3n) is 7.07. The van der Waals surface area contributed by atoms with Crippen LogP contribution in [0.5, 0.6) is 0 Å². The van der Waals surface area contributed by atoms with Crippen molar-refractivity contribution in [3.63, 3.8) is 0 Å². The predicted octanol–water partition coefficient (Wildman–Crippen LogP) is 2.48. The van der Waals surface area contributed by atoms with E-state index < -0.39 is 36.1 Å². The van der Waals surface area contributed by atoms with Gasteiger partial charge in [0.05, 0.1) is 13.1 Å². The van der Waals surface area contributed by atoms with E-state index in [0.29, 0.717) is 38.3 Å². The van der Waals surface area contributed by atoms with Gasteiger partial charge in [-0.05, 0) is 25.7 Å². The van der Waals surface area contributed by atoms with Crippen molar-refractivity contribution >= 4 is 18.0 Å². The number of halogens is 6. The highest BCUT2D eigenvalue weighted by molar-refractivity contribution is 5.93. The summed E-state index contributed by atoms with van der Waals surface area (Å²) in [5, 5.41) is 9.00. The van der Waals surface area contributed by atoms with Crippen LogP contribution in [-0.2, 0) is 22.6 Å². The number of fused-ring (bicyclic) bond motifs is 1. The van der Waals surface area contributed by atoms with Crippen LogP contribution in [0.1, 0.15) is 42.0 Å². The molecule has 0 saturated carbocycles. The summed E-state index contributed by atoms with van der Waals surface area (Å²) >= 11 is 0. The number of amides is 2. The molecule has 3 aliphatic heterocycles. The Hall–Kier alpha value is -3.04. The summed E-state index contributed by atoms with van der Waals surface area (Å²) in [6, 6.07) is 0. The normalized spacial score (nSPS) is 20.4. The summed E-state index contributed by atoms with van der Waals surface area (Å²) in [4.78, 5) is 45.0. The molecule has 2 fully saturated rings. The fourth-order valence-electron chi connectivity index (χ4n) is 5.25. The minimum absolute atomic E-state index is 0.156. The van der Waals surface area contributed by atoms with Crippen molar-refractivity contribution in [2.45, 2.75) is 62.8 Å². The van der Waals surface area contributed by atoms with Gasteiger partial charge in [-0.15, -0.1) is 0 Å². The zero-order chi connectivity index (χ0) is 27.2. The van der Waals surface area contributed by atoms with E-state index in [2.05, 4.69) is 9.72 Å². The number of aliphatic carboxylic acids is 1. The molecular formula is C21H25F6N5O5. The van der Waals surface area contributed by atoms with E-state index in [-0.39, 0.29) is 50.6 Å². The van der Waals surface area contributed by atoms with Crippen molar-refractivity contribution in [2.24, 2.45) is 0 Å². The minimum atomic E-state index is -5.80. The van der Waals surface area contributed by atoms with Gasteiger partial charge >= 0.3 is 24.4 Å². The summed E-state index contributed by atoms with van der Waals surface area (Å²) in [7, 11) is 0. The van der Waals surface area contributed by atoms with Gasteiger partial charge in [-0.1, -0.05) is 0 Å². The molecule has 0 radical (unpaired) electrons. The van der Waals surface area contributed by atoms with E-state index in [0.717, 1.165) is 4.90 Å². The smallest absolute Gasteiger partial charge is 0.434 e. The number of carboxylic acid groups (broad SMARTS) is 1. The second kappa shape index (κ2) is 9.68. The number of carbonyl (C=O) groups is 3. The molecule has 0 bridgehead atoms. The molecule has 10 nitrogen and oxygen atoms in total. The number of carboxylic acids is 1. The molecule has 1 aromatic rings. The largest absolute Gasteiger partial charge is 0.480 e. The molecule has 2 amide bonds. The second-order valence-electron chi connectivity index (χ2n) is 9.46. The number of imidazole rings is 1. The first-order valence-corrected chi connectivity index (χ1v) is 11.6. The van der Waals surface area contributed by atoms with Crippen molar-refractivity contribution < 1.29 is 50.6 Å². The van der Waals surface area contributed by atoms with Gasteiger partial charge in [0.1, 0.15) is 11.5 Å². The molecule has 0 unspecified atom stereocenters. The Morgan fingerprint density at radius 1 is 1.00 bits per heavy atom. The van der Waals surface area contributed by atoms with E-state index in [1.54, 1.807) is 20.6 Å². The van der Waals surface area contributed by atoms with Gasteiger partial charge in [0.25, 0.3) is 12.0 Å². The Kier molecular flexibility index (Phi) is 7.07. The molecule has 37 heavy (non-hydrogen) atoms. The molecule has 1 spiro atoms. The van der Waals surface area contributed by atoms with Gasteiger partial charge in [-0.25, -0.2) is 9.78 Å². The number of aromatic nitrogens is 2. The van der Waals surface area contributed by atoms with Crippen LogP contribution in [0.2, 0.25) is 0 Å². The van der Waals surface area contributed by atoms with Crippen molar-refractivity contribution in [3.8, 4) is 0 Å². The third kappa shape index (κ3) is 5.62. The Bertz CT molecular complexity index is 1040. The van der Waals surface area contributed by atoms with Gasteiger partial charge in [-0.2, -0.15) is 26.3 Å². The molecule has 206 valence electrons. The van der Waals surface area contributed by atoms with Crippen LogP contribution in [0.25, 0.3) is 0 Å². The standard InChI is InChI=1S/C21H25F6N5O5/c22-20(23,24)17(21(25,26)27)37-18(36)30-6-3-19(4-7-30)2-1-5-32(19)16(35)13-10-31-9-8-29(12-15(33)34)11-14(31)28-13/h10,17H,1-9,11-12H2,(H,33,34).